The number of para-hydroxylation sites is 2. The van der Waals surface area contributed by atoms with E-state index in [1.54, 1.807) is 6.07 Å². The van der Waals surface area contributed by atoms with E-state index in [1.165, 1.54) is 4.57 Å². The number of hydrogen-bond donors (Lipinski definition) is 1. The normalized spacial score (nSPS) is 11.8. The topological polar surface area (TPSA) is 76.9 Å². The first-order valence-corrected chi connectivity index (χ1v) is 11.4. The van der Waals surface area contributed by atoms with Gasteiger partial charge in [0.15, 0.2) is 6.04 Å². The molecule has 172 valence electrons. The van der Waals surface area contributed by atoms with Crippen LogP contribution < -0.4 is 10.9 Å². The monoisotopic (exact) mass is 460 g/mol. The van der Waals surface area contributed by atoms with Gasteiger partial charge in [-0.3, -0.25) is 19.1 Å². The van der Waals surface area contributed by atoms with Crippen molar-refractivity contribution in [2.75, 3.05) is 0 Å². The molecule has 0 aliphatic carbocycles. The predicted molar refractivity (Wildman–Crippen MR) is 137 cm³/mol. The first-order chi connectivity index (χ1) is 17.1. The van der Waals surface area contributed by atoms with Crippen LogP contribution in [0.1, 0.15) is 23.0 Å². The molecule has 0 bridgehead atoms. The predicted octanol–water partition coefficient (Wildman–Crippen LogP) is 4.67. The van der Waals surface area contributed by atoms with E-state index in [4.69, 9.17) is 0 Å². The van der Waals surface area contributed by atoms with Crippen LogP contribution in [0.3, 0.4) is 0 Å². The smallest absolute Gasteiger partial charge is 0.278 e. The molecule has 6 heteroatoms. The molecule has 0 aliphatic heterocycles. The molecule has 1 amide bonds. The third-order valence-corrected chi connectivity index (χ3v) is 5.85. The van der Waals surface area contributed by atoms with Crippen molar-refractivity contribution < 1.29 is 4.79 Å². The Hall–Kier alpha value is -4.58. The van der Waals surface area contributed by atoms with Crippen LogP contribution in [0.5, 0.6) is 0 Å². The van der Waals surface area contributed by atoms with Gasteiger partial charge in [0, 0.05) is 17.8 Å². The zero-order valence-corrected chi connectivity index (χ0v) is 19.3. The molecule has 3 aromatic carbocycles. The van der Waals surface area contributed by atoms with Crippen LogP contribution in [0.25, 0.3) is 22.3 Å². The van der Waals surface area contributed by atoms with Gasteiger partial charge in [-0.15, -0.1) is 0 Å². The third-order valence-electron chi connectivity index (χ3n) is 5.85. The second kappa shape index (κ2) is 9.73. The third kappa shape index (κ3) is 4.59. The minimum atomic E-state index is -0.971. The molecule has 0 spiro atoms. The van der Waals surface area contributed by atoms with Gasteiger partial charge in [0.25, 0.3) is 5.56 Å². The average Bonchev–Trinajstić information content (AvgIpc) is 2.90. The molecule has 0 radical (unpaired) electrons. The molecule has 0 saturated heterocycles. The lowest BCUT2D eigenvalue weighted by molar-refractivity contribution is -0.123. The number of carbonyl (C=O) groups excluding carboxylic acids is 1. The molecule has 0 fully saturated rings. The maximum absolute atomic E-state index is 14.0. The van der Waals surface area contributed by atoms with Gasteiger partial charge in [0.1, 0.15) is 5.69 Å². The van der Waals surface area contributed by atoms with Gasteiger partial charge in [-0.1, -0.05) is 78.9 Å². The summed E-state index contributed by atoms with van der Waals surface area (Å²) >= 11 is 0. The number of fused-ring (bicyclic) bond motifs is 1. The fourth-order valence-corrected chi connectivity index (χ4v) is 4.18. The van der Waals surface area contributed by atoms with Crippen molar-refractivity contribution in [2.45, 2.75) is 19.5 Å². The second-order valence-electron chi connectivity index (χ2n) is 8.30. The highest BCUT2D eigenvalue weighted by Gasteiger charge is 2.28. The van der Waals surface area contributed by atoms with Crippen molar-refractivity contribution >= 4 is 16.9 Å². The minimum absolute atomic E-state index is 0.290. The molecule has 1 unspecified atom stereocenters. The molecule has 35 heavy (non-hydrogen) atoms. The summed E-state index contributed by atoms with van der Waals surface area (Å²) in [7, 11) is 0. The maximum Gasteiger partial charge on any atom is 0.278 e. The lowest BCUT2D eigenvalue weighted by Crippen LogP contribution is -2.39. The molecule has 1 N–H and O–H groups in total. The summed E-state index contributed by atoms with van der Waals surface area (Å²) in [5.74, 6) is -0.315. The second-order valence-corrected chi connectivity index (χ2v) is 8.30. The molecular weight excluding hydrogens is 436 g/mol. The zero-order chi connectivity index (χ0) is 24.2. The van der Waals surface area contributed by atoms with Crippen molar-refractivity contribution in [3.05, 3.63) is 130 Å². The van der Waals surface area contributed by atoms with Crippen LogP contribution in [0.2, 0.25) is 0 Å². The molecule has 1 atom stereocenters. The summed E-state index contributed by atoms with van der Waals surface area (Å²) in [6.07, 6.45) is 0. The van der Waals surface area contributed by atoms with Gasteiger partial charge in [0.2, 0.25) is 5.91 Å². The largest absolute Gasteiger partial charge is 0.350 e. The number of hydrogen-bond acceptors (Lipinski definition) is 4. The number of nitrogens with one attached hydrogen (secondary N) is 1. The number of carbonyl (C=O) groups is 1. The standard InChI is InChI=1S/C29H24N4O2/c1-20-11-10-17-24(31-20)27(28(34)30-19-21-12-4-2-5-13-21)33-25-18-9-8-16-23(25)32-26(29(33)35)22-14-6-3-7-15-22/h2-18,27H,19H2,1H3,(H,30,34). The van der Waals surface area contributed by atoms with E-state index in [1.807, 2.05) is 104 Å². The molecule has 5 aromatic rings. The van der Waals surface area contributed by atoms with E-state index < -0.39 is 6.04 Å². The molecule has 2 heterocycles. The van der Waals surface area contributed by atoms with E-state index in [-0.39, 0.29) is 17.2 Å². The SMILES string of the molecule is Cc1cccc(C(C(=O)NCc2ccccc2)n2c(=O)c(-c3ccccc3)nc3ccccc32)n1. The molecule has 0 saturated carbocycles. The number of rotatable bonds is 6. The first-order valence-electron chi connectivity index (χ1n) is 11.4. The van der Waals surface area contributed by atoms with Crippen molar-refractivity contribution in [2.24, 2.45) is 0 Å². The quantitative estimate of drug-likeness (QED) is 0.399. The number of aryl methyl sites for hydroxylation is 1. The van der Waals surface area contributed by atoms with E-state index in [0.717, 1.165) is 11.3 Å². The van der Waals surface area contributed by atoms with Gasteiger partial charge >= 0.3 is 0 Å². The van der Waals surface area contributed by atoms with Gasteiger partial charge in [-0.2, -0.15) is 0 Å². The van der Waals surface area contributed by atoms with Crippen molar-refractivity contribution in [1.82, 2.24) is 19.9 Å². The van der Waals surface area contributed by atoms with E-state index >= 15 is 0 Å². The minimum Gasteiger partial charge on any atom is -0.350 e. The Morgan fingerprint density at radius 1 is 0.829 bits per heavy atom. The van der Waals surface area contributed by atoms with Crippen LogP contribution in [0, 0.1) is 6.92 Å². The number of pyridine rings is 1. The van der Waals surface area contributed by atoms with Gasteiger partial charge in [-0.25, -0.2) is 4.98 Å². The molecular formula is C29H24N4O2. The van der Waals surface area contributed by atoms with E-state index in [0.29, 0.717) is 28.8 Å². The average molecular weight is 461 g/mol. The fraction of sp³-hybridized carbons (Fsp3) is 0.103. The number of nitrogens with zero attached hydrogens (tertiary/aromatic N) is 3. The summed E-state index contributed by atoms with van der Waals surface area (Å²) in [6, 6.07) is 30.9. The maximum atomic E-state index is 14.0. The van der Waals surface area contributed by atoms with Gasteiger partial charge in [0.05, 0.1) is 16.7 Å². The Labute approximate surface area is 202 Å². The Balaban J connectivity index is 1.70. The zero-order valence-electron chi connectivity index (χ0n) is 19.3. The lowest BCUT2D eigenvalue weighted by Gasteiger charge is -2.22. The van der Waals surface area contributed by atoms with E-state index in [9.17, 15) is 9.59 Å². The Morgan fingerprint density at radius 2 is 1.51 bits per heavy atom. The summed E-state index contributed by atoms with van der Waals surface area (Å²) in [6.45, 7) is 2.20. The summed E-state index contributed by atoms with van der Waals surface area (Å²) in [5.41, 5.74) is 4.05. The van der Waals surface area contributed by atoms with Gasteiger partial charge in [-0.05, 0) is 36.8 Å². The number of aromatic nitrogens is 3. The van der Waals surface area contributed by atoms with Crippen LogP contribution in [-0.4, -0.2) is 20.4 Å². The van der Waals surface area contributed by atoms with Crippen molar-refractivity contribution in [3.8, 4) is 11.3 Å². The van der Waals surface area contributed by atoms with Crippen LogP contribution >= 0.6 is 0 Å². The highest BCUT2D eigenvalue weighted by atomic mass is 16.2. The fourth-order valence-electron chi connectivity index (χ4n) is 4.18. The number of amides is 1. The highest BCUT2D eigenvalue weighted by Crippen LogP contribution is 2.24. The Morgan fingerprint density at radius 3 is 2.26 bits per heavy atom. The molecule has 0 aliphatic rings. The highest BCUT2D eigenvalue weighted by molar-refractivity contribution is 5.86. The van der Waals surface area contributed by atoms with Crippen LogP contribution in [0.15, 0.2) is 108 Å². The van der Waals surface area contributed by atoms with Crippen LogP contribution in [-0.2, 0) is 11.3 Å². The number of benzene rings is 3. The Kier molecular flexibility index (Phi) is 6.18. The Bertz CT molecular complexity index is 1550. The van der Waals surface area contributed by atoms with E-state index in [2.05, 4.69) is 15.3 Å². The van der Waals surface area contributed by atoms with Gasteiger partial charge < -0.3 is 5.32 Å². The molecule has 2 aromatic heterocycles. The summed E-state index contributed by atoms with van der Waals surface area (Å²) in [5, 5.41) is 3.01. The summed E-state index contributed by atoms with van der Waals surface area (Å²) < 4.78 is 1.52. The molecule has 6 nitrogen and oxygen atoms in total. The first kappa shape index (κ1) is 22.2. The molecule has 5 rings (SSSR count). The van der Waals surface area contributed by atoms with Crippen molar-refractivity contribution in [3.63, 3.8) is 0 Å². The lowest BCUT2D eigenvalue weighted by atomic mass is 10.1. The van der Waals surface area contributed by atoms with Crippen LogP contribution in [0.4, 0.5) is 0 Å². The van der Waals surface area contributed by atoms with Crippen molar-refractivity contribution in [1.29, 1.82) is 0 Å². The summed E-state index contributed by atoms with van der Waals surface area (Å²) in [4.78, 5) is 37.0.